The number of halogens is 1. The Morgan fingerprint density at radius 1 is 1.07 bits per heavy atom. The first kappa shape index (κ1) is 20.3. The highest BCUT2D eigenvalue weighted by molar-refractivity contribution is 5.93. The van der Waals surface area contributed by atoms with Gasteiger partial charge in [0.25, 0.3) is 5.91 Å². The quantitative estimate of drug-likeness (QED) is 0.831. The smallest absolute Gasteiger partial charge is 0.321 e. The molecule has 0 aliphatic carbocycles. The molecule has 1 aromatic heterocycles. The molecule has 1 aromatic carbocycles. The number of benzene rings is 1. The molecule has 2 aromatic rings. The fourth-order valence-corrected chi connectivity index (χ4v) is 3.77. The summed E-state index contributed by atoms with van der Waals surface area (Å²) in [5.41, 5.74) is 0.918. The van der Waals surface area contributed by atoms with Crippen LogP contribution in [0.5, 0.6) is 0 Å². The molecular weight excluding hydrogens is 391 g/mol. The van der Waals surface area contributed by atoms with Crippen molar-refractivity contribution in [3.8, 4) is 0 Å². The lowest BCUT2D eigenvalue weighted by molar-refractivity contribution is 0.0298. The van der Waals surface area contributed by atoms with Crippen molar-refractivity contribution in [2.75, 3.05) is 44.7 Å². The van der Waals surface area contributed by atoms with Crippen molar-refractivity contribution in [1.29, 1.82) is 0 Å². The van der Waals surface area contributed by atoms with Gasteiger partial charge in [-0.3, -0.25) is 4.79 Å². The Morgan fingerprint density at radius 2 is 1.73 bits per heavy atom. The number of ether oxygens (including phenoxy) is 1. The van der Waals surface area contributed by atoms with Crippen LogP contribution >= 0.6 is 0 Å². The largest absolute Gasteiger partial charge is 0.445 e. The fourth-order valence-electron chi connectivity index (χ4n) is 3.77. The van der Waals surface area contributed by atoms with Gasteiger partial charge in [-0.15, -0.1) is 0 Å². The molecule has 3 amide bonds. The monoisotopic (exact) mass is 416 g/mol. The molecule has 160 valence electrons. The number of rotatable bonds is 3. The van der Waals surface area contributed by atoms with E-state index in [0.29, 0.717) is 75.3 Å². The van der Waals surface area contributed by atoms with E-state index in [-0.39, 0.29) is 23.7 Å². The number of nitrogens with zero attached hydrogens (tertiary/aromatic N) is 3. The lowest BCUT2D eigenvalue weighted by Crippen LogP contribution is -2.41. The van der Waals surface area contributed by atoms with Gasteiger partial charge in [-0.05, 0) is 44.0 Å². The van der Waals surface area contributed by atoms with Crippen LogP contribution in [-0.4, -0.2) is 66.1 Å². The zero-order valence-corrected chi connectivity index (χ0v) is 16.9. The van der Waals surface area contributed by atoms with E-state index in [1.165, 1.54) is 24.3 Å². The summed E-state index contributed by atoms with van der Waals surface area (Å²) in [5, 5.41) is 2.78. The first-order valence-corrected chi connectivity index (χ1v) is 10.2. The minimum Gasteiger partial charge on any atom is -0.445 e. The molecule has 0 spiro atoms. The normalized spacial score (nSPS) is 17.8. The van der Waals surface area contributed by atoms with Crippen LogP contribution in [0.15, 0.2) is 28.7 Å². The van der Waals surface area contributed by atoms with E-state index < -0.39 is 0 Å². The van der Waals surface area contributed by atoms with Crippen LogP contribution in [0.2, 0.25) is 0 Å². The number of piperidine rings is 1. The summed E-state index contributed by atoms with van der Waals surface area (Å²) in [4.78, 5) is 33.1. The van der Waals surface area contributed by atoms with Gasteiger partial charge in [0, 0.05) is 37.8 Å². The topological polar surface area (TPSA) is 87.9 Å². The number of nitrogens with one attached hydrogen (secondary N) is 1. The predicted molar refractivity (Wildman–Crippen MR) is 107 cm³/mol. The number of urea groups is 1. The lowest BCUT2D eigenvalue weighted by Gasteiger charge is -2.30. The molecule has 2 aliphatic rings. The number of likely N-dealkylation sites (tertiary alicyclic amines) is 1. The summed E-state index contributed by atoms with van der Waals surface area (Å²) >= 11 is 0. The Bertz CT molecular complexity index is 900. The fraction of sp³-hybridized carbons (Fsp3) is 0.476. The number of morpholine rings is 1. The zero-order valence-electron chi connectivity index (χ0n) is 16.9. The van der Waals surface area contributed by atoms with Gasteiger partial charge in [0.05, 0.1) is 13.2 Å². The first-order chi connectivity index (χ1) is 14.5. The van der Waals surface area contributed by atoms with Crippen LogP contribution in [0, 0.1) is 12.7 Å². The highest BCUT2D eigenvalue weighted by Gasteiger charge is 2.30. The van der Waals surface area contributed by atoms with Gasteiger partial charge in [0.15, 0.2) is 11.6 Å². The summed E-state index contributed by atoms with van der Waals surface area (Å²) in [6.45, 7) is 5.04. The molecule has 2 saturated heterocycles. The Kier molecular flexibility index (Phi) is 5.98. The number of oxazole rings is 1. The van der Waals surface area contributed by atoms with Crippen molar-refractivity contribution in [3.05, 3.63) is 47.4 Å². The van der Waals surface area contributed by atoms with Gasteiger partial charge in [-0.2, -0.15) is 0 Å². The SMILES string of the molecule is Cc1oc(C2CCN(C(=O)Nc3ccc(F)cc3)CC2)nc1C(=O)N1CCOCC1. The van der Waals surface area contributed by atoms with Crippen molar-refractivity contribution in [2.45, 2.75) is 25.7 Å². The first-order valence-electron chi connectivity index (χ1n) is 10.2. The molecule has 0 radical (unpaired) electrons. The van der Waals surface area contributed by atoms with E-state index >= 15 is 0 Å². The molecule has 3 heterocycles. The van der Waals surface area contributed by atoms with Gasteiger partial charge in [-0.1, -0.05) is 0 Å². The number of anilines is 1. The number of hydrogen-bond acceptors (Lipinski definition) is 5. The summed E-state index contributed by atoms with van der Waals surface area (Å²) in [6.07, 6.45) is 1.39. The third-order valence-electron chi connectivity index (χ3n) is 5.54. The zero-order chi connectivity index (χ0) is 21.1. The van der Waals surface area contributed by atoms with E-state index in [4.69, 9.17) is 9.15 Å². The van der Waals surface area contributed by atoms with E-state index in [0.717, 1.165) is 0 Å². The maximum absolute atomic E-state index is 13.0. The van der Waals surface area contributed by atoms with Gasteiger partial charge >= 0.3 is 6.03 Å². The molecule has 2 aliphatic heterocycles. The second-order valence-electron chi connectivity index (χ2n) is 7.56. The second kappa shape index (κ2) is 8.83. The van der Waals surface area contributed by atoms with E-state index in [1.807, 2.05) is 0 Å². The van der Waals surface area contributed by atoms with Crippen LogP contribution in [0.4, 0.5) is 14.9 Å². The van der Waals surface area contributed by atoms with Gasteiger partial charge in [0.2, 0.25) is 0 Å². The number of amides is 3. The number of aryl methyl sites for hydroxylation is 1. The Balaban J connectivity index is 1.34. The number of aromatic nitrogens is 1. The van der Waals surface area contributed by atoms with Crippen molar-refractivity contribution >= 4 is 17.6 Å². The molecule has 9 heteroatoms. The summed E-state index contributed by atoms with van der Waals surface area (Å²) in [7, 11) is 0. The third kappa shape index (κ3) is 4.46. The number of hydrogen-bond donors (Lipinski definition) is 1. The Morgan fingerprint density at radius 3 is 2.40 bits per heavy atom. The molecule has 0 atom stereocenters. The minimum atomic E-state index is -0.346. The minimum absolute atomic E-state index is 0.0600. The number of carbonyl (C=O) groups is 2. The highest BCUT2D eigenvalue weighted by Crippen LogP contribution is 2.29. The molecule has 0 saturated carbocycles. The standard InChI is InChI=1S/C21H25FN4O4/c1-14-18(20(27)25-10-12-29-13-11-25)24-19(30-14)15-6-8-26(9-7-15)21(28)23-17-4-2-16(22)3-5-17/h2-5,15H,6-13H2,1H3,(H,23,28). The molecular formula is C21H25FN4O4. The van der Waals surface area contributed by atoms with Crippen LogP contribution in [0.3, 0.4) is 0 Å². The van der Waals surface area contributed by atoms with Crippen LogP contribution in [0.25, 0.3) is 0 Å². The molecule has 0 unspecified atom stereocenters. The summed E-state index contributed by atoms with van der Waals surface area (Å²) in [6, 6.07) is 5.46. The maximum atomic E-state index is 13.0. The van der Waals surface area contributed by atoms with Gasteiger partial charge in [0.1, 0.15) is 11.6 Å². The van der Waals surface area contributed by atoms with Gasteiger partial charge in [-0.25, -0.2) is 14.2 Å². The van der Waals surface area contributed by atoms with Crippen LogP contribution in [-0.2, 0) is 4.74 Å². The van der Waals surface area contributed by atoms with Crippen LogP contribution < -0.4 is 5.32 Å². The highest BCUT2D eigenvalue weighted by atomic mass is 19.1. The van der Waals surface area contributed by atoms with Crippen LogP contribution in [0.1, 0.15) is 40.9 Å². The molecule has 8 nitrogen and oxygen atoms in total. The Hall–Kier alpha value is -2.94. The second-order valence-corrected chi connectivity index (χ2v) is 7.56. The lowest BCUT2D eigenvalue weighted by atomic mass is 9.97. The summed E-state index contributed by atoms with van der Waals surface area (Å²) < 4.78 is 24.1. The molecule has 2 fully saturated rings. The van der Waals surface area contributed by atoms with Crippen molar-refractivity contribution < 1.29 is 23.1 Å². The summed E-state index contributed by atoms with van der Waals surface area (Å²) in [5.74, 6) is 0.675. The molecule has 0 bridgehead atoms. The Labute approximate surface area is 174 Å². The van der Waals surface area contributed by atoms with Crippen molar-refractivity contribution in [2.24, 2.45) is 0 Å². The number of carbonyl (C=O) groups excluding carboxylic acids is 2. The van der Waals surface area contributed by atoms with E-state index in [1.54, 1.807) is 16.7 Å². The van der Waals surface area contributed by atoms with Crippen molar-refractivity contribution in [3.63, 3.8) is 0 Å². The molecule has 30 heavy (non-hydrogen) atoms. The molecule has 1 N–H and O–H groups in total. The van der Waals surface area contributed by atoms with Crippen molar-refractivity contribution in [1.82, 2.24) is 14.8 Å². The van der Waals surface area contributed by atoms with Gasteiger partial charge < -0.3 is 24.3 Å². The average molecular weight is 416 g/mol. The average Bonchev–Trinajstić information content (AvgIpc) is 3.17. The third-order valence-corrected chi connectivity index (χ3v) is 5.54. The maximum Gasteiger partial charge on any atom is 0.321 e. The molecule has 4 rings (SSSR count). The van der Waals surface area contributed by atoms with E-state index in [2.05, 4.69) is 10.3 Å². The van der Waals surface area contributed by atoms with E-state index in [9.17, 15) is 14.0 Å². The predicted octanol–water partition coefficient (Wildman–Crippen LogP) is 3.01.